The Hall–Kier alpha value is -4.34. The molecule has 0 spiro atoms. The largest absolute Gasteiger partial charge is 1.00 e. The number of hydrogen-bond donors (Lipinski definition) is 1. The summed E-state index contributed by atoms with van der Waals surface area (Å²) < 4.78 is 12.0. The predicted octanol–water partition coefficient (Wildman–Crippen LogP) is 0.0508. The number of piperazine rings is 1. The van der Waals surface area contributed by atoms with Crippen molar-refractivity contribution in [2.24, 2.45) is 11.8 Å². The van der Waals surface area contributed by atoms with Crippen LogP contribution in [0.1, 0.15) is 31.4 Å². The molecule has 0 aromatic heterocycles. The van der Waals surface area contributed by atoms with Gasteiger partial charge in [-0.2, -0.15) is 0 Å². The zero-order chi connectivity index (χ0) is 39.1. The van der Waals surface area contributed by atoms with Crippen LogP contribution in [-0.2, 0) is 37.1 Å². The number of β-lactam (4-membered cyclic amide) rings is 1. The third-order valence-corrected chi connectivity index (χ3v) is 12.2. The van der Waals surface area contributed by atoms with Crippen molar-refractivity contribution in [3.8, 4) is 0 Å². The van der Waals surface area contributed by atoms with Gasteiger partial charge in [-0.25, -0.2) is 9.59 Å². The van der Waals surface area contributed by atoms with Crippen molar-refractivity contribution in [1.82, 2.24) is 14.7 Å². The maximum atomic E-state index is 14.1. The SMILES string of the molecule is C[C@@H](O)[C@H]1C(=O)N2C(C(=O)OCc3ccc([N+](=O)[O-])cc3)=C(S[C@H]3C[C@@H](C(=O)N4CC[N+](C)(C)CC4)N(C(=O)OCc4ccc([N+](=O)[O-])cc4)C3)[C@H](C)[C@H]12.[I-]. The number of aliphatic hydroxyl groups excluding tert-OH is 1. The summed E-state index contributed by atoms with van der Waals surface area (Å²) in [5.41, 5.74) is 0.856. The highest BCUT2D eigenvalue weighted by molar-refractivity contribution is 8.03. The second-order valence-corrected chi connectivity index (χ2v) is 16.1. The number of aliphatic hydroxyl groups is 1. The Bertz CT molecular complexity index is 1870. The van der Waals surface area contributed by atoms with Gasteiger partial charge < -0.3 is 52.8 Å². The van der Waals surface area contributed by atoms with E-state index in [2.05, 4.69) is 14.1 Å². The van der Waals surface area contributed by atoms with Crippen molar-refractivity contribution in [1.29, 1.82) is 0 Å². The Balaban J connectivity index is 0.00000580. The van der Waals surface area contributed by atoms with Crippen molar-refractivity contribution in [3.63, 3.8) is 0 Å². The summed E-state index contributed by atoms with van der Waals surface area (Å²) in [7, 11) is 4.18. The third-order valence-electron chi connectivity index (χ3n) is 10.7. The van der Waals surface area contributed by atoms with Crippen molar-refractivity contribution in [2.45, 2.75) is 56.9 Å². The van der Waals surface area contributed by atoms with Gasteiger partial charge in [0, 0.05) is 46.9 Å². The van der Waals surface area contributed by atoms with E-state index in [0.29, 0.717) is 29.1 Å². The summed E-state index contributed by atoms with van der Waals surface area (Å²) in [6, 6.07) is 9.80. The van der Waals surface area contributed by atoms with Gasteiger partial charge in [-0.3, -0.25) is 34.7 Å². The van der Waals surface area contributed by atoms with E-state index in [9.17, 15) is 44.5 Å². The number of quaternary nitrogens is 1. The fourth-order valence-corrected chi connectivity index (χ4v) is 9.00. The van der Waals surface area contributed by atoms with Crippen LogP contribution in [0.15, 0.2) is 59.1 Å². The van der Waals surface area contributed by atoms with E-state index in [4.69, 9.17) is 9.47 Å². The number of nitro groups is 2. The molecule has 19 heteroatoms. The summed E-state index contributed by atoms with van der Waals surface area (Å²) in [6.45, 7) is 5.61. The molecule has 296 valence electrons. The average Bonchev–Trinajstić information content (AvgIpc) is 3.66. The molecule has 2 aromatic carbocycles. The number of fused-ring (bicyclic) bond motifs is 1. The molecule has 17 nitrogen and oxygen atoms in total. The van der Waals surface area contributed by atoms with E-state index in [-0.39, 0.29) is 79.1 Å². The number of likely N-dealkylation sites (N-methyl/N-ethyl adjacent to an activating group) is 1. The molecule has 3 fully saturated rings. The Kier molecular flexibility index (Phi) is 12.8. The monoisotopic (exact) mass is 894 g/mol. The molecule has 6 atom stereocenters. The van der Waals surface area contributed by atoms with Gasteiger partial charge in [0.1, 0.15) is 25.0 Å². The standard InChI is InChI=1S/C36H43N6O11S.HI/c1-21-30-29(22(2)43)34(45)39(30)31(35(46)52-19-23-5-9-25(10-6-23)40(48)49)32(21)54-27-17-28(33(44)37-13-15-42(3,4)16-14-37)38(18-27)36(47)53-20-24-7-11-26(12-8-24)41(50)51;/h5-12,21-22,27-30,43H,13-20H2,1-4H3;1H/q+1;/p-1/t21-,22-,27+,28+,29-,30-;/m1./s1. The minimum Gasteiger partial charge on any atom is -1.00 e. The fourth-order valence-electron chi connectivity index (χ4n) is 7.48. The minimum atomic E-state index is -0.967. The highest BCUT2D eigenvalue weighted by Gasteiger charge is 2.60. The highest BCUT2D eigenvalue weighted by atomic mass is 127. The molecule has 55 heavy (non-hydrogen) atoms. The summed E-state index contributed by atoms with van der Waals surface area (Å²) in [5.74, 6) is -2.52. The molecule has 0 bridgehead atoms. The number of carbonyl (C=O) groups is 4. The van der Waals surface area contributed by atoms with Crippen LogP contribution in [-0.4, -0.2) is 128 Å². The van der Waals surface area contributed by atoms with Crippen LogP contribution in [0.25, 0.3) is 0 Å². The zero-order valence-electron chi connectivity index (χ0n) is 30.7. The minimum absolute atomic E-state index is 0. The van der Waals surface area contributed by atoms with Gasteiger partial charge in [0.25, 0.3) is 11.4 Å². The maximum absolute atomic E-state index is 14.1. The second-order valence-electron chi connectivity index (χ2n) is 14.8. The van der Waals surface area contributed by atoms with Gasteiger partial charge in [0.05, 0.1) is 68.2 Å². The Morgan fingerprint density at radius 1 is 0.945 bits per heavy atom. The first-order chi connectivity index (χ1) is 25.6. The number of rotatable bonds is 11. The molecule has 0 aliphatic carbocycles. The number of benzene rings is 2. The van der Waals surface area contributed by atoms with E-state index in [1.165, 1.54) is 77.0 Å². The first kappa shape index (κ1) is 41.8. The van der Waals surface area contributed by atoms with E-state index >= 15 is 0 Å². The van der Waals surface area contributed by atoms with E-state index in [1.807, 2.05) is 6.92 Å². The summed E-state index contributed by atoms with van der Waals surface area (Å²) in [6.07, 6.45) is -1.46. The smallest absolute Gasteiger partial charge is 0.410 e. The number of halogens is 1. The lowest BCUT2D eigenvalue weighted by molar-refractivity contribution is -0.894. The first-order valence-corrected chi connectivity index (χ1v) is 18.5. The van der Waals surface area contributed by atoms with Crippen molar-refractivity contribution in [3.05, 3.63) is 90.5 Å². The Morgan fingerprint density at radius 3 is 1.98 bits per heavy atom. The van der Waals surface area contributed by atoms with Crippen LogP contribution in [0.5, 0.6) is 0 Å². The first-order valence-electron chi connectivity index (χ1n) is 17.7. The number of nitro benzene ring substituents is 2. The molecule has 2 aromatic rings. The molecule has 6 rings (SSSR count). The number of non-ortho nitro benzene ring substituents is 2. The number of carbonyl (C=O) groups excluding carboxylic acids is 4. The average molecular weight is 895 g/mol. The van der Waals surface area contributed by atoms with Crippen molar-refractivity contribution in [2.75, 3.05) is 46.8 Å². The molecule has 0 saturated carbocycles. The molecule has 1 N–H and O–H groups in total. The number of thioether (sulfide) groups is 1. The van der Waals surface area contributed by atoms with Crippen molar-refractivity contribution >= 4 is 47.0 Å². The van der Waals surface area contributed by atoms with Gasteiger partial charge in [0.2, 0.25) is 11.8 Å². The van der Waals surface area contributed by atoms with Crippen molar-refractivity contribution < 1.29 is 72.1 Å². The molecular formula is C36H43IN6O11S. The number of hydrogen-bond acceptors (Lipinski definition) is 12. The predicted molar refractivity (Wildman–Crippen MR) is 193 cm³/mol. The van der Waals surface area contributed by atoms with E-state index < -0.39 is 57.2 Å². The van der Waals surface area contributed by atoms with Gasteiger partial charge >= 0.3 is 12.1 Å². The van der Waals surface area contributed by atoms with Gasteiger partial charge in [0.15, 0.2) is 0 Å². The summed E-state index contributed by atoms with van der Waals surface area (Å²) in [4.78, 5) is 81.0. The normalized spacial score (nSPS) is 24.7. The van der Waals surface area contributed by atoms with Crippen LogP contribution in [0.4, 0.5) is 16.2 Å². The number of ether oxygens (including phenoxy) is 2. The summed E-state index contributed by atoms with van der Waals surface area (Å²) >= 11 is 1.30. The van der Waals surface area contributed by atoms with E-state index in [0.717, 1.165) is 17.6 Å². The highest BCUT2D eigenvalue weighted by Crippen LogP contribution is 2.52. The number of esters is 1. The molecule has 3 saturated heterocycles. The van der Waals surface area contributed by atoms with Gasteiger partial charge in [-0.05, 0) is 48.7 Å². The quantitative estimate of drug-likeness (QED) is 0.0795. The Labute approximate surface area is 338 Å². The fraction of sp³-hybridized carbons (Fsp3) is 0.500. The van der Waals surface area contributed by atoms with Gasteiger partial charge in [-0.1, -0.05) is 6.92 Å². The molecular weight excluding hydrogens is 851 g/mol. The number of likely N-dealkylation sites (tertiary alicyclic amines) is 1. The molecule has 4 heterocycles. The lowest BCUT2D eigenvalue weighted by Crippen LogP contribution is -3.00. The molecule has 4 aliphatic heterocycles. The zero-order valence-corrected chi connectivity index (χ0v) is 33.7. The molecule has 0 unspecified atom stereocenters. The number of amides is 3. The molecule has 3 amide bonds. The van der Waals surface area contributed by atoms with Crippen LogP contribution in [0.2, 0.25) is 0 Å². The van der Waals surface area contributed by atoms with Crippen LogP contribution in [0.3, 0.4) is 0 Å². The van der Waals surface area contributed by atoms with Gasteiger partial charge in [-0.15, -0.1) is 11.8 Å². The Morgan fingerprint density at radius 2 is 1.47 bits per heavy atom. The topological polar surface area (TPSA) is 203 Å². The second kappa shape index (κ2) is 16.8. The van der Waals surface area contributed by atoms with E-state index in [1.54, 1.807) is 4.90 Å². The lowest BCUT2D eigenvalue weighted by atomic mass is 9.79. The van der Waals surface area contributed by atoms with Crippen LogP contribution in [0, 0.1) is 32.1 Å². The lowest BCUT2D eigenvalue weighted by Gasteiger charge is -2.46. The van der Waals surface area contributed by atoms with Crippen LogP contribution >= 0.6 is 11.8 Å². The number of nitrogens with zero attached hydrogens (tertiary/aromatic N) is 6. The molecule has 4 aliphatic rings. The maximum Gasteiger partial charge on any atom is 0.410 e. The third kappa shape index (κ3) is 8.73. The summed E-state index contributed by atoms with van der Waals surface area (Å²) in [5, 5.41) is 32.2. The van der Waals surface area contributed by atoms with Crippen LogP contribution < -0.4 is 24.0 Å². The molecule has 0 radical (unpaired) electrons.